The van der Waals surface area contributed by atoms with Crippen LogP contribution >= 0.6 is 0 Å². The Hall–Kier alpha value is -2.69. The van der Waals surface area contributed by atoms with Crippen molar-refractivity contribution in [3.63, 3.8) is 0 Å². The van der Waals surface area contributed by atoms with Crippen LogP contribution in [0, 0.1) is 0 Å². The minimum atomic E-state index is -0.278. The largest absolute Gasteiger partial charge is 0.494 e. The van der Waals surface area contributed by atoms with Crippen LogP contribution in [0.1, 0.15) is 23.0 Å². The third kappa shape index (κ3) is 3.91. The summed E-state index contributed by atoms with van der Waals surface area (Å²) >= 11 is 0. The highest BCUT2D eigenvalue weighted by atomic mass is 16.5. The molecule has 2 rings (SSSR count). The Labute approximate surface area is 117 Å². The fraction of sp³-hybridized carbons (Fsp3) is 0.133. The fourth-order valence-electron chi connectivity index (χ4n) is 1.54. The molecule has 1 amide bonds. The second-order valence-electron chi connectivity index (χ2n) is 3.91. The number of ether oxygens (including phenoxy) is 1. The van der Waals surface area contributed by atoms with E-state index in [4.69, 9.17) is 4.74 Å². The maximum Gasteiger partial charge on any atom is 0.271 e. The first-order valence-corrected chi connectivity index (χ1v) is 6.27. The summed E-state index contributed by atoms with van der Waals surface area (Å²) in [7, 11) is 0. The van der Waals surface area contributed by atoms with Crippen LogP contribution in [0.5, 0.6) is 5.75 Å². The molecule has 0 atom stereocenters. The van der Waals surface area contributed by atoms with E-state index in [1.54, 1.807) is 36.5 Å². The molecule has 0 aliphatic rings. The molecule has 20 heavy (non-hydrogen) atoms. The number of pyridine rings is 1. The summed E-state index contributed by atoms with van der Waals surface area (Å²) in [5.74, 6) is 0.460. The molecule has 0 saturated carbocycles. The molecule has 1 aromatic heterocycles. The van der Waals surface area contributed by atoms with Crippen molar-refractivity contribution in [2.24, 2.45) is 5.10 Å². The van der Waals surface area contributed by atoms with Gasteiger partial charge >= 0.3 is 0 Å². The highest BCUT2D eigenvalue weighted by Gasteiger charge is 2.03. The zero-order valence-electron chi connectivity index (χ0n) is 11.1. The molecule has 0 saturated heterocycles. The van der Waals surface area contributed by atoms with E-state index >= 15 is 0 Å². The molecule has 2 aromatic rings. The summed E-state index contributed by atoms with van der Waals surface area (Å²) in [4.78, 5) is 15.9. The van der Waals surface area contributed by atoms with Crippen molar-refractivity contribution >= 4 is 12.1 Å². The van der Waals surface area contributed by atoms with Crippen molar-refractivity contribution in [2.45, 2.75) is 6.92 Å². The Kier molecular flexibility index (Phi) is 4.83. The van der Waals surface area contributed by atoms with Crippen LogP contribution in [0.2, 0.25) is 0 Å². The number of amides is 1. The fourth-order valence-corrected chi connectivity index (χ4v) is 1.54. The molecule has 1 aromatic carbocycles. The highest BCUT2D eigenvalue weighted by Crippen LogP contribution is 2.11. The van der Waals surface area contributed by atoms with E-state index in [1.165, 1.54) is 6.21 Å². The van der Waals surface area contributed by atoms with Gasteiger partial charge in [0, 0.05) is 11.8 Å². The van der Waals surface area contributed by atoms with Gasteiger partial charge in [-0.05, 0) is 43.3 Å². The Balaban J connectivity index is 1.93. The van der Waals surface area contributed by atoms with Gasteiger partial charge in [0.1, 0.15) is 5.75 Å². The number of hydrogen-bond donors (Lipinski definition) is 1. The lowest BCUT2D eigenvalue weighted by Gasteiger charge is -2.03. The van der Waals surface area contributed by atoms with Crippen LogP contribution < -0.4 is 10.2 Å². The van der Waals surface area contributed by atoms with Gasteiger partial charge in [0.15, 0.2) is 0 Å². The maximum atomic E-state index is 11.8. The van der Waals surface area contributed by atoms with Gasteiger partial charge in [-0.15, -0.1) is 0 Å². The Bertz CT molecular complexity index is 580. The average Bonchev–Trinajstić information content (AvgIpc) is 2.49. The van der Waals surface area contributed by atoms with E-state index in [9.17, 15) is 4.79 Å². The Morgan fingerprint density at radius 3 is 2.75 bits per heavy atom. The van der Waals surface area contributed by atoms with Gasteiger partial charge in [-0.1, -0.05) is 6.07 Å². The molecule has 0 aliphatic heterocycles. The molecule has 0 fully saturated rings. The first-order valence-electron chi connectivity index (χ1n) is 6.27. The monoisotopic (exact) mass is 269 g/mol. The van der Waals surface area contributed by atoms with Crippen molar-refractivity contribution in [3.05, 3.63) is 59.9 Å². The van der Waals surface area contributed by atoms with E-state index in [-0.39, 0.29) is 5.91 Å². The molecular weight excluding hydrogens is 254 g/mol. The van der Waals surface area contributed by atoms with Gasteiger partial charge in [0.25, 0.3) is 5.91 Å². The Morgan fingerprint density at radius 1 is 1.30 bits per heavy atom. The smallest absolute Gasteiger partial charge is 0.271 e. The van der Waals surface area contributed by atoms with Crippen LogP contribution in [0.3, 0.4) is 0 Å². The van der Waals surface area contributed by atoms with Crippen molar-refractivity contribution in [1.29, 1.82) is 0 Å². The lowest BCUT2D eigenvalue weighted by molar-refractivity contribution is 0.0955. The van der Waals surface area contributed by atoms with Crippen LogP contribution in [0.4, 0.5) is 0 Å². The topological polar surface area (TPSA) is 63.6 Å². The molecule has 5 nitrogen and oxygen atoms in total. The summed E-state index contributed by atoms with van der Waals surface area (Å²) < 4.78 is 5.31. The number of carbonyl (C=O) groups excluding carboxylic acids is 1. The number of benzene rings is 1. The van der Waals surface area contributed by atoms with Gasteiger partial charge < -0.3 is 4.74 Å². The lowest BCUT2D eigenvalue weighted by Crippen LogP contribution is -2.17. The standard InChI is InChI=1S/C15H15N3O2/c1-2-20-14-8-6-12(7-9-14)15(19)18-17-11-13-5-3-4-10-16-13/h3-11H,2H2,1H3,(H,18,19)/b17-11+. The summed E-state index contributed by atoms with van der Waals surface area (Å²) in [6, 6.07) is 12.3. The summed E-state index contributed by atoms with van der Waals surface area (Å²) in [6.45, 7) is 2.51. The second-order valence-corrected chi connectivity index (χ2v) is 3.91. The van der Waals surface area contributed by atoms with Crippen LogP contribution in [-0.4, -0.2) is 23.7 Å². The zero-order chi connectivity index (χ0) is 14.2. The summed E-state index contributed by atoms with van der Waals surface area (Å²) in [5.41, 5.74) is 3.65. The van der Waals surface area contributed by atoms with Crippen molar-refractivity contribution in [1.82, 2.24) is 10.4 Å². The number of hydrazone groups is 1. The predicted molar refractivity (Wildman–Crippen MR) is 76.9 cm³/mol. The van der Waals surface area contributed by atoms with E-state index in [1.807, 2.05) is 19.1 Å². The van der Waals surface area contributed by atoms with E-state index < -0.39 is 0 Å². The number of nitrogens with zero attached hydrogens (tertiary/aromatic N) is 2. The minimum Gasteiger partial charge on any atom is -0.494 e. The molecule has 0 aliphatic carbocycles. The molecule has 0 bridgehead atoms. The Morgan fingerprint density at radius 2 is 2.10 bits per heavy atom. The molecule has 0 radical (unpaired) electrons. The maximum absolute atomic E-state index is 11.8. The predicted octanol–water partition coefficient (Wildman–Crippen LogP) is 2.24. The normalized spacial score (nSPS) is 10.4. The lowest BCUT2D eigenvalue weighted by atomic mass is 10.2. The number of nitrogens with one attached hydrogen (secondary N) is 1. The number of carbonyl (C=O) groups is 1. The molecule has 0 spiro atoms. The molecule has 0 unspecified atom stereocenters. The first-order chi connectivity index (χ1) is 9.79. The van der Waals surface area contributed by atoms with Crippen molar-refractivity contribution < 1.29 is 9.53 Å². The van der Waals surface area contributed by atoms with Crippen molar-refractivity contribution in [2.75, 3.05) is 6.61 Å². The summed E-state index contributed by atoms with van der Waals surface area (Å²) in [5, 5.41) is 3.86. The van der Waals surface area contributed by atoms with E-state index in [0.717, 1.165) is 5.75 Å². The number of hydrogen-bond acceptors (Lipinski definition) is 4. The molecule has 1 heterocycles. The van der Waals surface area contributed by atoms with Gasteiger partial charge in [0.2, 0.25) is 0 Å². The molecular formula is C15H15N3O2. The third-order valence-electron chi connectivity index (χ3n) is 2.48. The van der Waals surface area contributed by atoms with Crippen LogP contribution in [0.25, 0.3) is 0 Å². The number of aromatic nitrogens is 1. The quantitative estimate of drug-likeness (QED) is 0.669. The van der Waals surface area contributed by atoms with Gasteiger partial charge in [-0.2, -0.15) is 5.10 Å². The highest BCUT2D eigenvalue weighted by molar-refractivity contribution is 5.94. The zero-order valence-corrected chi connectivity index (χ0v) is 11.1. The van der Waals surface area contributed by atoms with Crippen LogP contribution in [-0.2, 0) is 0 Å². The van der Waals surface area contributed by atoms with Crippen LogP contribution in [0.15, 0.2) is 53.8 Å². The van der Waals surface area contributed by atoms with E-state index in [2.05, 4.69) is 15.5 Å². The average molecular weight is 269 g/mol. The van der Waals surface area contributed by atoms with E-state index in [0.29, 0.717) is 17.9 Å². The van der Waals surface area contributed by atoms with Gasteiger partial charge in [-0.25, -0.2) is 5.43 Å². The third-order valence-corrected chi connectivity index (χ3v) is 2.48. The first kappa shape index (κ1) is 13.7. The second kappa shape index (κ2) is 7.04. The SMILES string of the molecule is CCOc1ccc(C(=O)N/N=C/c2ccccn2)cc1. The van der Waals surface area contributed by atoms with Gasteiger partial charge in [-0.3, -0.25) is 9.78 Å². The number of rotatable bonds is 5. The molecule has 5 heteroatoms. The molecule has 102 valence electrons. The van der Waals surface area contributed by atoms with Gasteiger partial charge in [0.05, 0.1) is 18.5 Å². The van der Waals surface area contributed by atoms with Crippen molar-refractivity contribution in [3.8, 4) is 5.75 Å². The minimum absolute atomic E-state index is 0.278. The summed E-state index contributed by atoms with van der Waals surface area (Å²) in [6.07, 6.45) is 3.15. The molecule has 1 N–H and O–H groups in total.